The molecule has 31 heavy (non-hydrogen) atoms. The van der Waals surface area contributed by atoms with Crippen LogP contribution in [0, 0.1) is 0 Å². The Bertz CT molecular complexity index is 390. The van der Waals surface area contributed by atoms with Crippen molar-refractivity contribution in [3.8, 4) is 0 Å². The van der Waals surface area contributed by atoms with Gasteiger partial charge in [-0.05, 0) is 39.8 Å². The van der Waals surface area contributed by atoms with Crippen molar-refractivity contribution < 1.29 is 19.0 Å². The lowest BCUT2D eigenvalue weighted by atomic mass is 10.0. The summed E-state index contributed by atoms with van der Waals surface area (Å²) < 4.78 is 17.5. The van der Waals surface area contributed by atoms with Crippen LogP contribution in [-0.2, 0) is 19.0 Å². The predicted molar refractivity (Wildman–Crippen MR) is 131 cm³/mol. The molecule has 2 atom stereocenters. The molecule has 5 heteroatoms. The summed E-state index contributed by atoms with van der Waals surface area (Å²) in [4.78, 5) is 13.3. The number of hydrogen-bond acceptors (Lipinski definition) is 5. The second-order valence-electron chi connectivity index (χ2n) is 9.03. The molecule has 0 spiro atoms. The summed E-state index contributed by atoms with van der Waals surface area (Å²) in [5.41, 5.74) is 0. The normalized spacial score (nSPS) is 13.5. The number of rotatable bonds is 23. The van der Waals surface area contributed by atoms with Crippen LogP contribution in [0.15, 0.2) is 0 Å². The van der Waals surface area contributed by atoms with Crippen LogP contribution in [0.2, 0.25) is 0 Å². The Morgan fingerprint density at radius 3 is 1.84 bits per heavy atom. The van der Waals surface area contributed by atoms with E-state index in [1.54, 1.807) is 0 Å². The molecule has 0 heterocycles. The number of likely N-dealkylation sites (N-methyl/N-ethyl adjacent to an activating group) is 1. The van der Waals surface area contributed by atoms with Crippen LogP contribution in [0.4, 0.5) is 0 Å². The van der Waals surface area contributed by atoms with Crippen LogP contribution in [0.5, 0.6) is 0 Å². The maximum Gasteiger partial charge on any atom is 0.302 e. The van der Waals surface area contributed by atoms with E-state index < -0.39 is 0 Å². The molecule has 0 aliphatic carbocycles. The highest BCUT2D eigenvalue weighted by atomic mass is 16.5. The highest BCUT2D eigenvalue weighted by molar-refractivity contribution is 5.65. The van der Waals surface area contributed by atoms with Gasteiger partial charge in [0.25, 0.3) is 0 Å². The summed E-state index contributed by atoms with van der Waals surface area (Å²) in [6.45, 7) is 8.70. The SMILES string of the molecule is CCCCCCCCOCC(OCCCCCCCC)C(CCCOC(C)=O)N(C)C. The summed E-state index contributed by atoms with van der Waals surface area (Å²) in [7, 11) is 4.21. The van der Waals surface area contributed by atoms with E-state index in [0.29, 0.717) is 13.2 Å². The van der Waals surface area contributed by atoms with Crippen molar-refractivity contribution >= 4 is 5.97 Å². The van der Waals surface area contributed by atoms with Crippen LogP contribution in [-0.4, -0.2) is 63.5 Å². The lowest BCUT2D eigenvalue weighted by Crippen LogP contribution is -2.43. The van der Waals surface area contributed by atoms with Gasteiger partial charge in [0.1, 0.15) is 0 Å². The first-order chi connectivity index (χ1) is 15.0. The fourth-order valence-electron chi connectivity index (χ4n) is 3.86. The van der Waals surface area contributed by atoms with Gasteiger partial charge in [0.2, 0.25) is 0 Å². The van der Waals surface area contributed by atoms with Gasteiger partial charge in [0.05, 0.1) is 19.3 Å². The van der Waals surface area contributed by atoms with Crippen molar-refractivity contribution in [2.45, 2.75) is 123 Å². The van der Waals surface area contributed by atoms with E-state index in [-0.39, 0.29) is 18.1 Å². The molecule has 0 rings (SSSR count). The number of esters is 1. The van der Waals surface area contributed by atoms with Crippen molar-refractivity contribution in [1.82, 2.24) is 4.90 Å². The molecule has 0 radical (unpaired) electrons. The molecular weight excluding hydrogens is 390 g/mol. The van der Waals surface area contributed by atoms with Crippen LogP contribution in [0.1, 0.15) is 111 Å². The molecule has 0 bridgehead atoms. The molecule has 0 saturated carbocycles. The number of carbonyl (C=O) groups excluding carboxylic acids is 1. The maximum absolute atomic E-state index is 11.0. The fourth-order valence-corrected chi connectivity index (χ4v) is 3.86. The van der Waals surface area contributed by atoms with E-state index in [1.807, 2.05) is 0 Å². The van der Waals surface area contributed by atoms with E-state index in [2.05, 4.69) is 32.8 Å². The topological polar surface area (TPSA) is 48.0 Å². The van der Waals surface area contributed by atoms with E-state index in [9.17, 15) is 4.79 Å². The molecule has 186 valence electrons. The fraction of sp³-hybridized carbons (Fsp3) is 0.962. The summed E-state index contributed by atoms with van der Waals surface area (Å²) in [6.07, 6.45) is 17.1. The van der Waals surface area contributed by atoms with Crippen molar-refractivity contribution in [2.75, 3.05) is 40.5 Å². The first-order valence-electron chi connectivity index (χ1n) is 13.0. The zero-order valence-corrected chi connectivity index (χ0v) is 21.5. The van der Waals surface area contributed by atoms with E-state index in [0.717, 1.165) is 38.9 Å². The molecular formula is C26H53NO4. The van der Waals surface area contributed by atoms with E-state index in [4.69, 9.17) is 14.2 Å². The third kappa shape index (κ3) is 19.7. The number of carbonyl (C=O) groups is 1. The third-order valence-corrected chi connectivity index (χ3v) is 5.80. The molecule has 0 aromatic rings. The number of hydrogen-bond donors (Lipinski definition) is 0. The third-order valence-electron chi connectivity index (χ3n) is 5.80. The lowest BCUT2D eigenvalue weighted by molar-refractivity contribution is -0.141. The Morgan fingerprint density at radius 1 is 0.742 bits per heavy atom. The van der Waals surface area contributed by atoms with Gasteiger partial charge in [-0.2, -0.15) is 0 Å². The van der Waals surface area contributed by atoms with Crippen molar-refractivity contribution in [1.29, 1.82) is 0 Å². The molecule has 0 N–H and O–H groups in total. The average Bonchev–Trinajstić information content (AvgIpc) is 2.73. The molecule has 2 unspecified atom stereocenters. The molecule has 5 nitrogen and oxygen atoms in total. The van der Waals surface area contributed by atoms with Crippen molar-refractivity contribution in [2.24, 2.45) is 0 Å². The molecule has 0 fully saturated rings. The van der Waals surface area contributed by atoms with Gasteiger partial charge in [0, 0.05) is 26.2 Å². The Hall–Kier alpha value is -0.650. The minimum atomic E-state index is -0.209. The highest BCUT2D eigenvalue weighted by Gasteiger charge is 2.24. The molecule has 0 aliphatic rings. The van der Waals surface area contributed by atoms with Crippen LogP contribution < -0.4 is 0 Å². The van der Waals surface area contributed by atoms with Crippen molar-refractivity contribution in [3.63, 3.8) is 0 Å². The first-order valence-corrected chi connectivity index (χ1v) is 13.0. The van der Waals surface area contributed by atoms with Gasteiger partial charge >= 0.3 is 5.97 Å². The quantitative estimate of drug-likeness (QED) is 0.135. The van der Waals surface area contributed by atoms with Gasteiger partial charge in [-0.3, -0.25) is 4.79 Å². The summed E-state index contributed by atoms with van der Waals surface area (Å²) in [5, 5.41) is 0. The summed E-state index contributed by atoms with van der Waals surface area (Å²) in [5.74, 6) is -0.209. The molecule has 0 aliphatic heterocycles. The van der Waals surface area contributed by atoms with Crippen LogP contribution in [0.3, 0.4) is 0 Å². The predicted octanol–water partition coefficient (Wildman–Crippen LogP) is 6.38. The molecule has 0 aromatic heterocycles. The van der Waals surface area contributed by atoms with E-state index in [1.165, 1.54) is 71.1 Å². The number of nitrogens with zero attached hydrogens (tertiary/aromatic N) is 1. The van der Waals surface area contributed by atoms with Gasteiger partial charge in [-0.15, -0.1) is 0 Å². The minimum absolute atomic E-state index is 0.0584. The second kappa shape index (κ2) is 22.5. The standard InChI is InChI=1S/C26H53NO4/c1-6-8-10-12-14-16-20-29-23-26(31-21-17-15-13-11-9-7-2)25(27(4)5)19-18-22-30-24(3)28/h25-26H,6-23H2,1-5H3. The number of ether oxygens (including phenoxy) is 3. The highest BCUT2D eigenvalue weighted by Crippen LogP contribution is 2.15. The van der Waals surface area contributed by atoms with E-state index >= 15 is 0 Å². The first kappa shape index (κ1) is 30.4. The van der Waals surface area contributed by atoms with Gasteiger partial charge in [-0.1, -0.05) is 78.1 Å². The Balaban J connectivity index is 4.40. The monoisotopic (exact) mass is 443 g/mol. The summed E-state index contributed by atoms with van der Waals surface area (Å²) >= 11 is 0. The lowest BCUT2D eigenvalue weighted by Gasteiger charge is -2.32. The minimum Gasteiger partial charge on any atom is -0.466 e. The average molecular weight is 444 g/mol. The Labute approximate surface area is 193 Å². The second-order valence-corrected chi connectivity index (χ2v) is 9.03. The smallest absolute Gasteiger partial charge is 0.302 e. The van der Waals surface area contributed by atoms with Crippen molar-refractivity contribution in [3.05, 3.63) is 0 Å². The van der Waals surface area contributed by atoms with Crippen LogP contribution >= 0.6 is 0 Å². The van der Waals surface area contributed by atoms with Crippen LogP contribution in [0.25, 0.3) is 0 Å². The van der Waals surface area contributed by atoms with Gasteiger partial charge in [-0.25, -0.2) is 0 Å². The maximum atomic E-state index is 11.0. The Kier molecular flexibility index (Phi) is 22.1. The largest absolute Gasteiger partial charge is 0.466 e. The molecule has 0 aromatic carbocycles. The number of unbranched alkanes of at least 4 members (excludes halogenated alkanes) is 10. The zero-order chi connectivity index (χ0) is 23.2. The molecule has 0 amide bonds. The Morgan fingerprint density at radius 2 is 1.29 bits per heavy atom. The zero-order valence-electron chi connectivity index (χ0n) is 21.5. The molecule has 0 saturated heterocycles. The van der Waals surface area contributed by atoms with Gasteiger partial charge in [0.15, 0.2) is 0 Å². The van der Waals surface area contributed by atoms with Gasteiger partial charge < -0.3 is 19.1 Å². The summed E-state index contributed by atoms with van der Waals surface area (Å²) in [6, 6.07) is 0.264.